The number of aryl methyl sites for hydroxylation is 1. The number of imidazole rings is 1. The number of carbonyl (C=O) groups excluding carboxylic acids is 1. The molecule has 0 unspecified atom stereocenters. The number of fused-ring (bicyclic) bond motifs is 1. The van der Waals surface area contributed by atoms with Gasteiger partial charge in [0.1, 0.15) is 5.75 Å². The number of hydrogen-bond donors (Lipinski definition) is 1. The van der Waals surface area contributed by atoms with E-state index >= 15 is 0 Å². The first-order valence-corrected chi connectivity index (χ1v) is 7.37. The molecule has 1 aromatic carbocycles. The smallest absolute Gasteiger partial charge is 0.376 e. The predicted molar refractivity (Wildman–Crippen MR) is 86.3 cm³/mol. The SMILES string of the molecule is CCOc1ccccc1-c1nn2c(C(=O)OC)nc(C)c2c(=O)[nH]1. The zero-order valence-corrected chi connectivity index (χ0v) is 13.5. The van der Waals surface area contributed by atoms with Crippen LogP contribution in [0.1, 0.15) is 23.2 Å². The van der Waals surface area contributed by atoms with Crippen molar-refractivity contribution in [2.45, 2.75) is 13.8 Å². The van der Waals surface area contributed by atoms with Crippen LogP contribution in [0.5, 0.6) is 5.75 Å². The third-order valence-corrected chi connectivity index (χ3v) is 3.49. The molecule has 0 bridgehead atoms. The number of ether oxygens (including phenoxy) is 2. The lowest BCUT2D eigenvalue weighted by atomic mass is 10.2. The number of aromatic amines is 1. The van der Waals surface area contributed by atoms with E-state index in [1.54, 1.807) is 19.1 Å². The second-order valence-electron chi connectivity index (χ2n) is 5.00. The lowest BCUT2D eigenvalue weighted by molar-refractivity contribution is 0.0584. The van der Waals surface area contributed by atoms with Gasteiger partial charge in [-0.1, -0.05) is 12.1 Å². The Morgan fingerprint density at radius 2 is 2.08 bits per heavy atom. The molecule has 0 aliphatic rings. The second-order valence-corrected chi connectivity index (χ2v) is 5.00. The van der Waals surface area contributed by atoms with Crippen LogP contribution < -0.4 is 10.3 Å². The van der Waals surface area contributed by atoms with Crippen molar-refractivity contribution < 1.29 is 14.3 Å². The number of carbonyl (C=O) groups is 1. The molecule has 0 amide bonds. The molecule has 0 aliphatic carbocycles. The number of para-hydroxylation sites is 1. The lowest BCUT2D eigenvalue weighted by Gasteiger charge is -2.09. The molecule has 3 aromatic rings. The Labute approximate surface area is 137 Å². The molecular formula is C16H16N4O4. The minimum Gasteiger partial charge on any atom is -0.493 e. The summed E-state index contributed by atoms with van der Waals surface area (Å²) in [5.74, 6) is 0.143. The summed E-state index contributed by atoms with van der Waals surface area (Å²) < 4.78 is 11.5. The molecule has 0 spiro atoms. The zero-order chi connectivity index (χ0) is 17.3. The summed E-state index contributed by atoms with van der Waals surface area (Å²) in [5, 5.41) is 4.36. The molecule has 24 heavy (non-hydrogen) atoms. The van der Waals surface area contributed by atoms with Crippen LogP contribution in [0, 0.1) is 6.92 Å². The summed E-state index contributed by atoms with van der Waals surface area (Å²) >= 11 is 0. The van der Waals surface area contributed by atoms with E-state index in [2.05, 4.69) is 15.1 Å². The largest absolute Gasteiger partial charge is 0.493 e. The molecule has 0 aliphatic heterocycles. The van der Waals surface area contributed by atoms with Gasteiger partial charge in [0.2, 0.25) is 5.82 Å². The van der Waals surface area contributed by atoms with Gasteiger partial charge in [-0.2, -0.15) is 4.52 Å². The fraction of sp³-hybridized carbons (Fsp3) is 0.250. The molecule has 8 heteroatoms. The highest BCUT2D eigenvalue weighted by Crippen LogP contribution is 2.26. The molecule has 2 heterocycles. The lowest BCUT2D eigenvalue weighted by Crippen LogP contribution is -2.17. The van der Waals surface area contributed by atoms with Crippen LogP contribution in [0.25, 0.3) is 16.9 Å². The van der Waals surface area contributed by atoms with Gasteiger partial charge in [-0.25, -0.2) is 9.78 Å². The van der Waals surface area contributed by atoms with E-state index in [0.29, 0.717) is 23.6 Å². The first-order valence-electron chi connectivity index (χ1n) is 7.37. The molecule has 0 fully saturated rings. The average molecular weight is 328 g/mol. The fourth-order valence-electron chi connectivity index (χ4n) is 2.46. The molecule has 3 rings (SSSR count). The summed E-state index contributed by atoms with van der Waals surface area (Å²) in [5.41, 5.74) is 0.814. The summed E-state index contributed by atoms with van der Waals surface area (Å²) in [7, 11) is 1.25. The quantitative estimate of drug-likeness (QED) is 0.730. The first kappa shape index (κ1) is 15.7. The van der Waals surface area contributed by atoms with Crippen LogP contribution >= 0.6 is 0 Å². The number of aromatic nitrogens is 4. The summed E-state index contributed by atoms with van der Waals surface area (Å²) in [4.78, 5) is 31.1. The van der Waals surface area contributed by atoms with Crippen LogP contribution in [0.15, 0.2) is 29.1 Å². The molecule has 0 radical (unpaired) electrons. The Bertz CT molecular complexity index is 974. The maximum Gasteiger partial charge on any atom is 0.376 e. The van der Waals surface area contributed by atoms with Gasteiger partial charge in [0, 0.05) is 0 Å². The summed E-state index contributed by atoms with van der Waals surface area (Å²) in [6.45, 7) is 3.97. The summed E-state index contributed by atoms with van der Waals surface area (Å²) in [6.07, 6.45) is 0. The van der Waals surface area contributed by atoms with Gasteiger partial charge in [-0.15, -0.1) is 5.10 Å². The Morgan fingerprint density at radius 1 is 1.33 bits per heavy atom. The molecule has 0 atom stereocenters. The van der Waals surface area contributed by atoms with E-state index < -0.39 is 11.5 Å². The number of esters is 1. The van der Waals surface area contributed by atoms with E-state index in [1.165, 1.54) is 11.6 Å². The normalized spacial score (nSPS) is 10.8. The van der Waals surface area contributed by atoms with E-state index in [4.69, 9.17) is 9.47 Å². The standard InChI is InChI=1S/C16H16N4O4/c1-4-24-11-8-6-5-7-10(11)13-18-15(21)12-9(2)17-14(16(22)23-3)20(12)19-13/h5-8H,4H2,1-3H3,(H,18,19,21). The van der Waals surface area contributed by atoms with Crippen molar-refractivity contribution in [2.75, 3.05) is 13.7 Å². The Morgan fingerprint density at radius 3 is 2.79 bits per heavy atom. The molecule has 8 nitrogen and oxygen atoms in total. The topological polar surface area (TPSA) is 98.6 Å². The predicted octanol–water partition coefficient (Wildman–Crippen LogP) is 1.58. The minimum atomic E-state index is -0.666. The molecule has 1 N–H and O–H groups in total. The van der Waals surface area contributed by atoms with Crippen LogP contribution in [0.2, 0.25) is 0 Å². The molecule has 0 saturated carbocycles. The summed E-state index contributed by atoms with van der Waals surface area (Å²) in [6, 6.07) is 7.19. The van der Waals surface area contributed by atoms with E-state index in [9.17, 15) is 9.59 Å². The van der Waals surface area contributed by atoms with Gasteiger partial charge in [0.25, 0.3) is 5.56 Å². The molecule has 124 valence electrons. The maximum atomic E-state index is 12.4. The maximum absolute atomic E-state index is 12.4. The van der Waals surface area contributed by atoms with Gasteiger partial charge in [-0.3, -0.25) is 4.79 Å². The van der Waals surface area contributed by atoms with Gasteiger partial charge in [0.15, 0.2) is 11.3 Å². The number of benzene rings is 1. The molecule has 0 saturated heterocycles. The molecular weight excluding hydrogens is 312 g/mol. The monoisotopic (exact) mass is 328 g/mol. The highest BCUT2D eigenvalue weighted by molar-refractivity contribution is 5.87. The van der Waals surface area contributed by atoms with Crippen molar-refractivity contribution in [3.63, 3.8) is 0 Å². The van der Waals surface area contributed by atoms with Crippen molar-refractivity contribution in [1.29, 1.82) is 0 Å². The molecule has 2 aromatic heterocycles. The van der Waals surface area contributed by atoms with Crippen molar-refractivity contribution in [3.05, 3.63) is 46.1 Å². The van der Waals surface area contributed by atoms with Crippen LogP contribution in [0.4, 0.5) is 0 Å². The van der Waals surface area contributed by atoms with Crippen molar-refractivity contribution in [3.8, 4) is 17.1 Å². The average Bonchev–Trinajstić information content (AvgIpc) is 2.92. The first-order chi connectivity index (χ1) is 11.6. The number of methoxy groups -OCH3 is 1. The number of rotatable bonds is 4. The van der Waals surface area contributed by atoms with Crippen molar-refractivity contribution >= 4 is 11.5 Å². The Balaban J connectivity index is 2.28. The van der Waals surface area contributed by atoms with Gasteiger partial charge in [0.05, 0.1) is 25.0 Å². The number of nitrogens with one attached hydrogen (secondary N) is 1. The third-order valence-electron chi connectivity index (χ3n) is 3.49. The zero-order valence-electron chi connectivity index (χ0n) is 13.5. The van der Waals surface area contributed by atoms with Crippen LogP contribution in [-0.2, 0) is 4.74 Å². The van der Waals surface area contributed by atoms with Crippen molar-refractivity contribution in [2.24, 2.45) is 0 Å². The minimum absolute atomic E-state index is 0.0498. The van der Waals surface area contributed by atoms with Crippen LogP contribution in [0.3, 0.4) is 0 Å². The van der Waals surface area contributed by atoms with E-state index in [0.717, 1.165) is 0 Å². The Hall–Kier alpha value is -3.16. The second kappa shape index (κ2) is 6.15. The van der Waals surface area contributed by atoms with Crippen LogP contribution in [-0.4, -0.2) is 39.3 Å². The van der Waals surface area contributed by atoms with E-state index in [-0.39, 0.29) is 17.2 Å². The Kier molecular flexibility index (Phi) is 4.03. The van der Waals surface area contributed by atoms with Gasteiger partial charge < -0.3 is 14.5 Å². The van der Waals surface area contributed by atoms with Crippen molar-refractivity contribution in [1.82, 2.24) is 19.6 Å². The highest BCUT2D eigenvalue weighted by atomic mass is 16.5. The number of hydrogen-bond acceptors (Lipinski definition) is 6. The third kappa shape index (κ3) is 2.51. The highest BCUT2D eigenvalue weighted by Gasteiger charge is 2.21. The van der Waals surface area contributed by atoms with E-state index in [1.807, 2.05) is 19.1 Å². The number of H-pyrrole nitrogens is 1. The fourth-order valence-corrected chi connectivity index (χ4v) is 2.46. The van der Waals surface area contributed by atoms with Gasteiger partial charge in [-0.05, 0) is 26.0 Å². The number of nitrogens with zero attached hydrogens (tertiary/aromatic N) is 3. The van der Waals surface area contributed by atoms with Gasteiger partial charge >= 0.3 is 5.97 Å².